The van der Waals surface area contributed by atoms with Crippen LogP contribution in [0.15, 0.2) is 53.4 Å². The van der Waals surface area contributed by atoms with Crippen LogP contribution in [0.25, 0.3) is 4.13 Å². The molecule has 2 aromatic rings. The zero-order valence-electron chi connectivity index (χ0n) is 14.3. The minimum Gasteiger partial charge on any atom is -0.439 e. The van der Waals surface area contributed by atoms with Crippen LogP contribution in [0.1, 0.15) is 22.7 Å². The van der Waals surface area contributed by atoms with Crippen LogP contribution in [0, 0.1) is 6.92 Å². The number of nitrogens with zero attached hydrogens (tertiary/aromatic N) is 2. The average molecular weight is 390 g/mol. The summed E-state index contributed by atoms with van der Waals surface area (Å²) in [5, 5.41) is 0. The van der Waals surface area contributed by atoms with Crippen molar-refractivity contribution in [2.75, 3.05) is 6.26 Å². The van der Waals surface area contributed by atoms with E-state index in [-0.39, 0.29) is 17.0 Å². The third-order valence-corrected chi connectivity index (χ3v) is 8.10. The second-order valence-electron chi connectivity index (χ2n) is 6.41. The molecule has 0 radical (unpaired) electrons. The zero-order valence-corrected chi connectivity index (χ0v) is 16.0. The van der Waals surface area contributed by atoms with Crippen LogP contribution in [0.5, 0.6) is 0 Å². The molecule has 3 atom stereocenters. The number of carbonyl (C=O) groups excluding carboxylic acids is 1. The molecular formula is C18H18N2O4S2. The van der Waals surface area contributed by atoms with E-state index in [1.54, 1.807) is 18.4 Å². The van der Waals surface area contributed by atoms with Gasteiger partial charge in [-0.25, -0.2) is 8.42 Å². The molecule has 8 heteroatoms. The van der Waals surface area contributed by atoms with E-state index in [2.05, 4.69) is 4.13 Å². The Morgan fingerprint density at radius 1 is 1.15 bits per heavy atom. The molecule has 1 aliphatic carbocycles. The van der Waals surface area contributed by atoms with E-state index in [1.807, 2.05) is 31.2 Å². The van der Waals surface area contributed by atoms with E-state index in [1.165, 1.54) is 16.1 Å². The number of hydrogen-bond donors (Lipinski definition) is 0. The Morgan fingerprint density at radius 3 is 2.58 bits per heavy atom. The molecule has 0 N–H and O–H groups in total. The van der Waals surface area contributed by atoms with Crippen molar-refractivity contribution in [1.29, 1.82) is 0 Å². The van der Waals surface area contributed by atoms with Crippen LogP contribution in [-0.4, -0.2) is 30.8 Å². The number of sulfonamides is 1. The standard InChI is InChI=1S/C18H18N2O4S2/c1-12-7-9-14(10-8-12)26(22,23)19-25(2)20-17-15-6-4-3-5-13(15)11-16(17)24-18(20)21/h3-10,16-17H,11H2,1-2H3/t16-,17+,25-/m0/s1. The first-order valence-corrected chi connectivity index (χ1v) is 11.1. The van der Waals surface area contributed by atoms with Crippen molar-refractivity contribution in [2.45, 2.75) is 30.4 Å². The van der Waals surface area contributed by atoms with E-state index < -0.39 is 27.0 Å². The number of benzene rings is 2. The normalized spacial score (nSPS) is 24.1. The fraction of sp³-hybridized carbons (Fsp3) is 0.278. The van der Waals surface area contributed by atoms with E-state index in [4.69, 9.17) is 4.74 Å². The maximum atomic E-state index is 12.6. The summed E-state index contributed by atoms with van der Waals surface area (Å²) in [5.74, 6) is 0. The molecule has 0 bridgehead atoms. The van der Waals surface area contributed by atoms with Gasteiger partial charge in [0.2, 0.25) is 6.04 Å². The Kier molecular flexibility index (Phi) is 4.21. The molecule has 1 heterocycles. The summed E-state index contributed by atoms with van der Waals surface area (Å²) in [6.07, 6.45) is 1.48. The average Bonchev–Trinajstić information content (AvgIpc) is 3.09. The highest BCUT2D eigenvalue weighted by atomic mass is 32.3. The SMILES string of the molecule is Cc1ccc(S(=O)(=O)[N-]/[S@](C)=[N+]2/C(=O)O[C@H]3Cc4ccccc4[C@H]32)cc1. The second kappa shape index (κ2) is 6.29. The van der Waals surface area contributed by atoms with Gasteiger partial charge in [0.05, 0.1) is 0 Å². The van der Waals surface area contributed by atoms with Crippen molar-refractivity contribution in [3.8, 4) is 0 Å². The topological polar surface area (TPSA) is 77.5 Å². The molecule has 2 aromatic carbocycles. The number of rotatable bonds is 3. The van der Waals surface area contributed by atoms with Gasteiger partial charge in [-0.3, -0.25) is 0 Å². The molecule has 26 heavy (non-hydrogen) atoms. The monoisotopic (exact) mass is 390 g/mol. The van der Waals surface area contributed by atoms with Crippen LogP contribution in [0.2, 0.25) is 0 Å². The molecule has 6 nitrogen and oxygen atoms in total. The van der Waals surface area contributed by atoms with Gasteiger partial charge in [0.1, 0.15) is 10.0 Å². The fourth-order valence-electron chi connectivity index (χ4n) is 3.42. The molecule has 4 rings (SSSR count). The van der Waals surface area contributed by atoms with Gasteiger partial charge in [-0.1, -0.05) is 42.0 Å². The maximum absolute atomic E-state index is 12.6. The molecule has 136 valence electrons. The van der Waals surface area contributed by atoms with Crippen LogP contribution >= 0.6 is 0 Å². The fourth-order valence-corrected chi connectivity index (χ4v) is 6.50. The number of hydrogen-bond acceptors (Lipinski definition) is 4. The Balaban J connectivity index is 1.71. The van der Waals surface area contributed by atoms with E-state index >= 15 is 0 Å². The maximum Gasteiger partial charge on any atom is 0.603 e. The highest BCUT2D eigenvalue weighted by molar-refractivity contribution is 8.09. The van der Waals surface area contributed by atoms with Gasteiger partial charge < -0.3 is 8.86 Å². The van der Waals surface area contributed by atoms with Gasteiger partial charge in [-0.05, 0) is 35.5 Å². The summed E-state index contributed by atoms with van der Waals surface area (Å²) < 4.78 is 36.2. The second-order valence-corrected chi connectivity index (χ2v) is 9.71. The molecule has 0 spiro atoms. The zero-order chi connectivity index (χ0) is 18.5. The largest absolute Gasteiger partial charge is 0.603 e. The van der Waals surface area contributed by atoms with Crippen molar-refractivity contribution in [3.05, 3.63) is 69.3 Å². The van der Waals surface area contributed by atoms with Crippen molar-refractivity contribution in [2.24, 2.45) is 0 Å². The van der Waals surface area contributed by atoms with Gasteiger partial charge in [-0.2, -0.15) is 4.79 Å². The highest BCUT2D eigenvalue weighted by Crippen LogP contribution is 2.41. The molecule has 0 unspecified atom stereocenters. The molecule has 0 saturated carbocycles. The molecule has 1 aliphatic heterocycles. The summed E-state index contributed by atoms with van der Waals surface area (Å²) in [6, 6.07) is 14.0. The summed E-state index contributed by atoms with van der Waals surface area (Å²) in [6.45, 7) is 1.88. The van der Waals surface area contributed by atoms with Crippen molar-refractivity contribution in [1.82, 2.24) is 0 Å². The van der Waals surface area contributed by atoms with Crippen molar-refractivity contribution >= 4 is 27.0 Å². The Bertz CT molecular complexity index is 1030. The third kappa shape index (κ3) is 2.87. The highest BCUT2D eigenvalue weighted by Gasteiger charge is 2.53. The molecule has 0 aromatic heterocycles. The van der Waals surface area contributed by atoms with E-state index in [9.17, 15) is 13.2 Å². The van der Waals surface area contributed by atoms with Gasteiger partial charge in [0, 0.05) is 23.1 Å². The van der Waals surface area contributed by atoms with Gasteiger partial charge in [0.15, 0.2) is 6.10 Å². The summed E-state index contributed by atoms with van der Waals surface area (Å²) in [5.41, 5.74) is 3.09. The number of ether oxygens (including phenoxy) is 1. The lowest BCUT2D eigenvalue weighted by Gasteiger charge is -2.20. The molecule has 1 amide bonds. The lowest BCUT2D eigenvalue weighted by molar-refractivity contribution is -0.436. The minimum absolute atomic E-state index is 0.124. The van der Waals surface area contributed by atoms with Gasteiger partial charge in [-0.15, -0.1) is 3.95 Å². The van der Waals surface area contributed by atoms with Gasteiger partial charge in [0.25, 0.3) is 0 Å². The quantitative estimate of drug-likeness (QED) is 0.754. The van der Waals surface area contributed by atoms with Crippen molar-refractivity contribution < 1.29 is 21.9 Å². The number of amides is 1. The van der Waals surface area contributed by atoms with E-state index in [0.717, 1.165) is 16.7 Å². The number of fused-ring (bicyclic) bond motifs is 3. The first-order chi connectivity index (χ1) is 12.4. The molecule has 1 saturated heterocycles. The number of aryl methyl sites for hydroxylation is 1. The van der Waals surface area contributed by atoms with Crippen molar-refractivity contribution in [3.63, 3.8) is 0 Å². The van der Waals surface area contributed by atoms with Crippen LogP contribution in [0.3, 0.4) is 0 Å². The lowest BCUT2D eigenvalue weighted by atomic mass is 10.1. The van der Waals surface area contributed by atoms with Crippen LogP contribution in [-0.2, 0) is 32.1 Å². The predicted octanol–water partition coefficient (Wildman–Crippen LogP) is 3.23. The van der Waals surface area contributed by atoms with Crippen LogP contribution < -0.4 is 0 Å². The smallest absolute Gasteiger partial charge is 0.439 e. The summed E-state index contributed by atoms with van der Waals surface area (Å²) in [4.78, 5) is 12.5. The lowest BCUT2D eigenvalue weighted by Crippen LogP contribution is -2.22. The first kappa shape index (κ1) is 17.4. The predicted molar refractivity (Wildman–Crippen MR) is 98.4 cm³/mol. The minimum atomic E-state index is -3.86. The van der Waals surface area contributed by atoms with Gasteiger partial charge >= 0.3 is 6.09 Å². The van der Waals surface area contributed by atoms with Crippen LogP contribution in [0.4, 0.5) is 4.79 Å². The molecular weight excluding hydrogens is 372 g/mol. The summed E-state index contributed by atoms with van der Waals surface area (Å²) >= 11 is 0. The third-order valence-electron chi connectivity index (χ3n) is 4.64. The molecule has 2 aliphatic rings. The molecule has 1 fully saturated rings. The summed E-state index contributed by atoms with van der Waals surface area (Å²) in [7, 11) is -5.03. The Morgan fingerprint density at radius 2 is 1.85 bits per heavy atom. The van der Waals surface area contributed by atoms with E-state index in [0.29, 0.717) is 6.42 Å². The Labute approximate surface area is 155 Å². The Hall–Kier alpha value is -2.03. The number of carbonyl (C=O) groups is 1. The first-order valence-electron chi connectivity index (χ1n) is 8.15.